The molecule has 9 nitrogen and oxygen atoms in total. The van der Waals surface area contributed by atoms with Gasteiger partial charge >= 0.3 is 0 Å². The van der Waals surface area contributed by atoms with E-state index >= 15 is 0 Å². The maximum atomic E-state index is 13.6. The molecule has 0 aliphatic carbocycles. The van der Waals surface area contributed by atoms with Crippen molar-refractivity contribution in [3.8, 4) is 11.5 Å². The molecule has 1 aliphatic heterocycles. The van der Waals surface area contributed by atoms with Crippen LogP contribution in [0.1, 0.15) is 11.1 Å². The Labute approximate surface area is 195 Å². The summed E-state index contributed by atoms with van der Waals surface area (Å²) >= 11 is 0. The standard InChI is InChI=1S/C25H21N3O6/c1-15-8-13-20(33-2)18(14-15)26-23-22(16-9-11-17(12-10-16)28(31)32)24(29)27(25(23)30)19-6-4-5-7-21(19)34-3/h4-14,26H,1-3H3. The number of anilines is 2. The largest absolute Gasteiger partial charge is 0.495 e. The predicted molar refractivity (Wildman–Crippen MR) is 127 cm³/mol. The molecule has 3 aromatic carbocycles. The average molecular weight is 459 g/mol. The van der Waals surface area contributed by atoms with Crippen LogP contribution in [0.5, 0.6) is 11.5 Å². The van der Waals surface area contributed by atoms with Crippen molar-refractivity contribution >= 4 is 34.4 Å². The molecule has 9 heteroatoms. The summed E-state index contributed by atoms with van der Waals surface area (Å²) in [7, 11) is 2.95. The Morgan fingerprint density at radius 3 is 2.21 bits per heavy atom. The molecule has 0 spiro atoms. The summed E-state index contributed by atoms with van der Waals surface area (Å²) in [5, 5.41) is 14.2. The first kappa shape index (κ1) is 22.5. The minimum atomic E-state index is -0.591. The first-order valence-corrected chi connectivity index (χ1v) is 10.3. The summed E-state index contributed by atoms with van der Waals surface area (Å²) in [6.07, 6.45) is 0. The third-order valence-corrected chi connectivity index (χ3v) is 5.39. The molecule has 3 aromatic rings. The Morgan fingerprint density at radius 2 is 1.56 bits per heavy atom. The summed E-state index contributed by atoms with van der Waals surface area (Å²) in [6, 6.07) is 17.6. The van der Waals surface area contributed by atoms with Crippen molar-refractivity contribution in [1.29, 1.82) is 0 Å². The zero-order valence-corrected chi connectivity index (χ0v) is 18.7. The molecule has 0 fully saturated rings. The van der Waals surface area contributed by atoms with Gasteiger partial charge in [-0.3, -0.25) is 19.7 Å². The van der Waals surface area contributed by atoms with E-state index in [1.54, 1.807) is 36.4 Å². The number of carbonyl (C=O) groups excluding carboxylic acids is 2. The Kier molecular flexibility index (Phi) is 6.01. The van der Waals surface area contributed by atoms with Crippen molar-refractivity contribution in [1.82, 2.24) is 0 Å². The predicted octanol–water partition coefficient (Wildman–Crippen LogP) is 4.32. The third kappa shape index (κ3) is 3.95. The fourth-order valence-corrected chi connectivity index (χ4v) is 3.75. The number of imide groups is 1. The maximum absolute atomic E-state index is 13.6. The van der Waals surface area contributed by atoms with E-state index < -0.39 is 16.7 Å². The summed E-state index contributed by atoms with van der Waals surface area (Å²) in [5.74, 6) is -0.345. The van der Waals surface area contributed by atoms with Crippen molar-refractivity contribution < 1.29 is 24.0 Å². The summed E-state index contributed by atoms with van der Waals surface area (Å²) in [5.41, 5.74) is 2.03. The van der Waals surface area contributed by atoms with E-state index in [0.717, 1.165) is 10.5 Å². The van der Waals surface area contributed by atoms with Crippen LogP contribution in [0.15, 0.2) is 72.4 Å². The molecule has 0 atom stereocenters. The number of nitro groups is 1. The van der Waals surface area contributed by atoms with Crippen molar-refractivity contribution in [3.05, 3.63) is 93.7 Å². The van der Waals surface area contributed by atoms with E-state index in [1.165, 1.54) is 38.5 Å². The lowest BCUT2D eigenvalue weighted by atomic mass is 10.0. The number of nitrogens with zero attached hydrogens (tertiary/aromatic N) is 2. The number of para-hydroxylation sites is 2. The summed E-state index contributed by atoms with van der Waals surface area (Å²) < 4.78 is 10.8. The van der Waals surface area contributed by atoms with Gasteiger partial charge < -0.3 is 14.8 Å². The number of rotatable bonds is 7. The number of aryl methyl sites for hydroxylation is 1. The first-order chi connectivity index (χ1) is 16.3. The minimum Gasteiger partial charge on any atom is -0.495 e. The van der Waals surface area contributed by atoms with Crippen LogP contribution in [0.25, 0.3) is 5.57 Å². The van der Waals surface area contributed by atoms with E-state index in [0.29, 0.717) is 22.7 Å². The van der Waals surface area contributed by atoms with Crippen LogP contribution in [-0.4, -0.2) is 31.0 Å². The minimum absolute atomic E-state index is 0.0219. The van der Waals surface area contributed by atoms with E-state index in [9.17, 15) is 19.7 Å². The van der Waals surface area contributed by atoms with Crippen LogP contribution in [-0.2, 0) is 9.59 Å². The van der Waals surface area contributed by atoms with Gasteiger partial charge in [0.1, 0.15) is 17.2 Å². The molecular weight excluding hydrogens is 438 g/mol. The molecular formula is C25H21N3O6. The number of ether oxygens (including phenoxy) is 2. The van der Waals surface area contributed by atoms with Crippen LogP contribution >= 0.6 is 0 Å². The van der Waals surface area contributed by atoms with Crippen LogP contribution < -0.4 is 19.7 Å². The number of hydrogen-bond donors (Lipinski definition) is 1. The van der Waals surface area contributed by atoms with Gasteiger partial charge in [0, 0.05) is 12.1 Å². The number of benzene rings is 3. The highest BCUT2D eigenvalue weighted by Gasteiger charge is 2.41. The Bertz CT molecular complexity index is 1330. The monoisotopic (exact) mass is 459 g/mol. The fraction of sp³-hybridized carbons (Fsp3) is 0.120. The molecule has 172 valence electrons. The second kappa shape index (κ2) is 9.07. The number of amides is 2. The lowest BCUT2D eigenvalue weighted by molar-refractivity contribution is -0.384. The highest BCUT2D eigenvalue weighted by atomic mass is 16.6. The Morgan fingerprint density at radius 1 is 0.882 bits per heavy atom. The lowest BCUT2D eigenvalue weighted by Crippen LogP contribution is -2.32. The molecule has 0 saturated carbocycles. The van der Waals surface area contributed by atoms with Crippen molar-refractivity contribution in [2.24, 2.45) is 0 Å². The molecule has 1 heterocycles. The van der Waals surface area contributed by atoms with E-state index in [1.807, 2.05) is 13.0 Å². The third-order valence-electron chi connectivity index (χ3n) is 5.39. The molecule has 0 aromatic heterocycles. The lowest BCUT2D eigenvalue weighted by Gasteiger charge is -2.18. The number of methoxy groups -OCH3 is 2. The summed E-state index contributed by atoms with van der Waals surface area (Å²) in [6.45, 7) is 1.89. The average Bonchev–Trinajstić information content (AvgIpc) is 3.08. The van der Waals surface area contributed by atoms with Gasteiger partial charge in [0.05, 0.1) is 36.1 Å². The van der Waals surface area contributed by atoms with Crippen molar-refractivity contribution in [2.45, 2.75) is 6.92 Å². The second-order valence-electron chi connectivity index (χ2n) is 7.50. The van der Waals surface area contributed by atoms with Crippen LogP contribution in [0.4, 0.5) is 17.1 Å². The van der Waals surface area contributed by atoms with Gasteiger partial charge in [-0.15, -0.1) is 0 Å². The molecule has 0 unspecified atom stereocenters. The number of nitro benzene ring substituents is 1. The van der Waals surface area contributed by atoms with Crippen LogP contribution in [0.3, 0.4) is 0 Å². The maximum Gasteiger partial charge on any atom is 0.282 e. The zero-order chi connectivity index (χ0) is 24.4. The molecule has 0 bridgehead atoms. The second-order valence-corrected chi connectivity index (χ2v) is 7.50. The number of nitrogens with one attached hydrogen (secondary N) is 1. The zero-order valence-electron chi connectivity index (χ0n) is 18.7. The highest BCUT2D eigenvalue weighted by Crippen LogP contribution is 2.39. The van der Waals surface area contributed by atoms with Gasteiger partial charge in [-0.2, -0.15) is 0 Å². The molecule has 0 saturated heterocycles. The number of carbonyl (C=O) groups is 2. The SMILES string of the molecule is COc1ccc(C)cc1NC1=C(c2ccc([N+](=O)[O-])cc2)C(=O)N(c2ccccc2OC)C1=O. The van der Waals surface area contributed by atoms with Gasteiger partial charge in [0.2, 0.25) is 0 Å². The van der Waals surface area contributed by atoms with Crippen molar-refractivity contribution in [3.63, 3.8) is 0 Å². The smallest absolute Gasteiger partial charge is 0.282 e. The van der Waals surface area contributed by atoms with Gasteiger partial charge in [0.15, 0.2) is 0 Å². The van der Waals surface area contributed by atoms with Gasteiger partial charge in [0.25, 0.3) is 17.5 Å². The van der Waals surface area contributed by atoms with E-state index in [-0.39, 0.29) is 22.6 Å². The molecule has 4 rings (SSSR count). The quantitative estimate of drug-likeness (QED) is 0.318. The van der Waals surface area contributed by atoms with Gasteiger partial charge in [-0.1, -0.05) is 18.2 Å². The van der Waals surface area contributed by atoms with E-state index in [4.69, 9.17) is 9.47 Å². The normalized spacial score (nSPS) is 13.3. The molecule has 2 amide bonds. The summed E-state index contributed by atoms with van der Waals surface area (Å²) in [4.78, 5) is 38.8. The molecule has 1 N–H and O–H groups in total. The van der Waals surface area contributed by atoms with Gasteiger partial charge in [-0.25, -0.2) is 4.90 Å². The Hall–Kier alpha value is -4.66. The fourth-order valence-electron chi connectivity index (χ4n) is 3.75. The molecule has 1 aliphatic rings. The Balaban J connectivity index is 1.87. The highest BCUT2D eigenvalue weighted by molar-refractivity contribution is 6.46. The van der Waals surface area contributed by atoms with E-state index in [2.05, 4.69) is 5.32 Å². The first-order valence-electron chi connectivity index (χ1n) is 10.3. The van der Waals surface area contributed by atoms with Gasteiger partial charge in [-0.05, 0) is 54.4 Å². The van der Waals surface area contributed by atoms with Crippen LogP contribution in [0.2, 0.25) is 0 Å². The molecule has 0 radical (unpaired) electrons. The van der Waals surface area contributed by atoms with Crippen molar-refractivity contribution in [2.75, 3.05) is 24.4 Å². The topological polar surface area (TPSA) is 111 Å². The number of non-ortho nitro benzene ring substituents is 1. The molecule has 34 heavy (non-hydrogen) atoms. The number of hydrogen-bond acceptors (Lipinski definition) is 7. The van der Waals surface area contributed by atoms with Crippen LogP contribution in [0, 0.1) is 17.0 Å².